The Morgan fingerprint density at radius 1 is 1.11 bits per heavy atom. The predicted molar refractivity (Wildman–Crippen MR) is 67.1 cm³/mol. The summed E-state index contributed by atoms with van der Waals surface area (Å²) in [5.74, 6) is -0.170. The van der Waals surface area contributed by atoms with Crippen molar-refractivity contribution in [3.05, 3.63) is 47.5 Å². The molecule has 0 saturated carbocycles. The molecule has 7 heteroatoms. The average Bonchev–Trinajstić information content (AvgIpc) is 2.89. The maximum atomic E-state index is 11.8. The van der Waals surface area contributed by atoms with Crippen molar-refractivity contribution in [1.82, 2.24) is 14.9 Å². The number of alkyl halides is 1. The fourth-order valence-corrected chi connectivity index (χ4v) is 2.45. The first-order chi connectivity index (χ1) is 8.68. The number of benzene rings is 1. The van der Waals surface area contributed by atoms with Gasteiger partial charge in [-0.25, -0.2) is 9.69 Å². The van der Waals surface area contributed by atoms with Crippen molar-refractivity contribution in [2.75, 3.05) is 5.01 Å². The number of amides is 1. The van der Waals surface area contributed by atoms with E-state index in [-0.39, 0.29) is 11.9 Å². The van der Waals surface area contributed by atoms with Gasteiger partial charge >= 0.3 is 0 Å². The van der Waals surface area contributed by atoms with Gasteiger partial charge in [-0.1, -0.05) is 23.7 Å². The summed E-state index contributed by atoms with van der Waals surface area (Å²) in [6.07, 6.45) is 2.92. The lowest BCUT2D eigenvalue weighted by molar-refractivity contribution is -0.126. The van der Waals surface area contributed by atoms with Gasteiger partial charge in [0.15, 0.2) is 0 Å². The monoisotopic (exact) mass is 282 g/mol. The van der Waals surface area contributed by atoms with Crippen LogP contribution in [-0.4, -0.2) is 26.2 Å². The minimum absolute atomic E-state index is 0.170. The molecule has 2 unspecified atom stereocenters. The topological polar surface area (TPSA) is 51.0 Å². The van der Waals surface area contributed by atoms with Crippen LogP contribution >= 0.6 is 23.2 Å². The maximum Gasteiger partial charge on any atom is 0.262 e. The van der Waals surface area contributed by atoms with Crippen molar-refractivity contribution in [2.45, 2.75) is 11.4 Å². The van der Waals surface area contributed by atoms with E-state index in [1.54, 1.807) is 12.1 Å². The Hall–Kier alpha value is -1.59. The number of hydrogen-bond acceptors (Lipinski definition) is 3. The molecule has 2 aromatic rings. The van der Waals surface area contributed by atoms with Gasteiger partial charge in [-0.2, -0.15) is 0 Å². The number of carbonyl (C=O) groups excluding carboxylic acids is 1. The van der Waals surface area contributed by atoms with Crippen LogP contribution in [0.1, 0.15) is 11.6 Å². The highest BCUT2D eigenvalue weighted by atomic mass is 35.5. The van der Waals surface area contributed by atoms with Crippen LogP contribution in [0.25, 0.3) is 0 Å². The van der Waals surface area contributed by atoms with E-state index in [0.717, 1.165) is 5.56 Å². The minimum atomic E-state index is -0.575. The molecule has 1 aliphatic heterocycles. The molecule has 1 fully saturated rings. The highest BCUT2D eigenvalue weighted by Gasteiger charge is 2.48. The molecule has 18 heavy (non-hydrogen) atoms. The van der Waals surface area contributed by atoms with Gasteiger partial charge in [0.2, 0.25) is 0 Å². The first-order valence-corrected chi connectivity index (χ1v) is 6.07. The lowest BCUT2D eigenvalue weighted by Gasteiger charge is -2.43. The summed E-state index contributed by atoms with van der Waals surface area (Å²) in [6.45, 7) is 0. The Labute approximate surface area is 113 Å². The fourth-order valence-electron chi connectivity index (χ4n) is 1.97. The van der Waals surface area contributed by atoms with E-state index >= 15 is 0 Å². The zero-order valence-electron chi connectivity index (χ0n) is 9.07. The maximum absolute atomic E-state index is 11.8. The second kappa shape index (κ2) is 4.26. The molecule has 1 aromatic carbocycles. The lowest BCUT2D eigenvalue weighted by Crippen LogP contribution is -2.61. The molecule has 0 spiro atoms. The van der Waals surface area contributed by atoms with Gasteiger partial charge < -0.3 is 0 Å². The molecule has 0 aliphatic carbocycles. The summed E-state index contributed by atoms with van der Waals surface area (Å²) in [5, 5.41) is 8.95. The van der Waals surface area contributed by atoms with Crippen molar-refractivity contribution in [3.8, 4) is 0 Å². The van der Waals surface area contributed by atoms with Crippen LogP contribution in [0, 0.1) is 0 Å². The molecule has 0 bridgehead atoms. The van der Waals surface area contributed by atoms with E-state index in [4.69, 9.17) is 23.2 Å². The highest BCUT2D eigenvalue weighted by Crippen LogP contribution is 2.37. The van der Waals surface area contributed by atoms with Crippen LogP contribution in [-0.2, 0) is 4.79 Å². The molecule has 0 N–H and O–H groups in total. The number of aromatic nitrogens is 3. The Bertz CT molecular complexity index is 569. The second-order valence-electron chi connectivity index (χ2n) is 3.92. The molecular formula is C11H8Cl2N4O. The summed E-state index contributed by atoms with van der Waals surface area (Å²) in [7, 11) is 0. The van der Waals surface area contributed by atoms with Gasteiger partial charge in [0, 0.05) is 5.02 Å². The third-order valence-corrected chi connectivity index (χ3v) is 3.55. The Morgan fingerprint density at radius 2 is 1.72 bits per heavy atom. The number of nitrogens with zero attached hydrogens (tertiary/aromatic N) is 4. The fraction of sp³-hybridized carbons (Fsp3) is 0.182. The van der Waals surface area contributed by atoms with Crippen LogP contribution in [0.2, 0.25) is 5.02 Å². The quantitative estimate of drug-likeness (QED) is 0.623. The minimum Gasteiger partial charge on any atom is -0.271 e. The number of rotatable bonds is 2. The summed E-state index contributed by atoms with van der Waals surface area (Å²) < 4.78 is 1.53. The summed E-state index contributed by atoms with van der Waals surface area (Å²) in [6, 6.07) is 7.02. The SMILES string of the molecule is O=C1C(Cl)C(c2ccc(Cl)cc2)N1n1cnnc1. The Balaban J connectivity index is 1.95. The molecular weight excluding hydrogens is 275 g/mol. The van der Waals surface area contributed by atoms with Gasteiger partial charge in [0.1, 0.15) is 24.1 Å². The molecule has 2 heterocycles. The van der Waals surface area contributed by atoms with Crippen LogP contribution < -0.4 is 5.01 Å². The smallest absolute Gasteiger partial charge is 0.262 e. The number of β-lactam (4-membered cyclic amide) rings is 1. The van der Waals surface area contributed by atoms with Gasteiger partial charge in [0.05, 0.1) is 0 Å². The summed E-state index contributed by atoms with van der Waals surface area (Å²) in [5.41, 5.74) is 0.924. The van der Waals surface area contributed by atoms with E-state index in [2.05, 4.69) is 10.2 Å². The third kappa shape index (κ3) is 1.67. The number of carbonyl (C=O) groups is 1. The molecule has 1 amide bonds. The zero-order valence-corrected chi connectivity index (χ0v) is 10.6. The Kier molecular flexibility index (Phi) is 2.72. The normalized spacial score (nSPS) is 23.0. The molecule has 1 saturated heterocycles. The van der Waals surface area contributed by atoms with Gasteiger partial charge in [-0.05, 0) is 17.7 Å². The number of hydrogen-bond donors (Lipinski definition) is 0. The van der Waals surface area contributed by atoms with Crippen molar-refractivity contribution in [1.29, 1.82) is 0 Å². The van der Waals surface area contributed by atoms with Crippen molar-refractivity contribution < 1.29 is 4.79 Å². The predicted octanol–water partition coefficient (Wildman–Crippen LogP) is 1.76. The summed E-state index contributed by atoms with van der Waals surface area (Å²) >= 11 is 11.9. The number of halogens is 2. The van der Waals surface area contributed by atoms with Crippen LogP contribution in [0.15, 0.2) is 36.9 Å². The lowest BCUT2D eigenvalue weighted by atomic mass is 9.95. The largest absolute Gasteiger partial charge is 0.271 e. The second-order valence-corrected chi connectivity index (χ2v) is 4.83. The van der Waals surface area contributed by atoms with Crippen LogP contribution in [0.4, 0.5) is 0 Å². The van der Waals surface area contributed by atoms with Crippen LogP contribution in [0.3, 0.4) is 0 Å². The van der Waals surface area contributed by atoms with E-state index in [1.165, 1.54) is 22.3 Å². The summed E-state index contributed by atoms with van der Waals surface area (Å²) in [4.78, 5) is 11.8. The highest BCUT2D eigenvalue weighted by molar-refractivity contribution is 6.36. The standard InChI is InChI=1S/C11H8Cl2N4O/c12-8-3-1-7(2-4-8)10-9(13)11(18)17(10)16-5-14-15-6-16/h1-6,9-10H. The molecule has 2 atom stereocenters. The Morgan fingerprint density at radius 3 is 2.33 bits per heavy atom. The van der Waals surface area contributed by atoms with Crippen molar-refractivity contribution in [2.24, 2.45) is 0 Å². The average molecular weight is 283 g/mol. The van der Waals surface area contributed by atoms with E-state index in [9.17, 15) is 4.79 Å². The van der Waals surface area contributed by atoms with Gasteiger partial charge in [0.25, 0.3) is 5.91 Å². The molecule has 1 aliphatic rings. The first kappa shape index (κ1) is 11.5. The zero-order chi connectivity index (χ0) is 12.7. The van der Waals surface area contributed by atoms with Gasteiger partial charge in [-0.3, -0.25) is 4.79 Å². The van der Waals surface area contributed by atoms with Crippen LogP contribution in [0.5, 0.6) is 0 Å². The third-order valence-electron chi connectivity index (χ3n) is 2.87. The van der Waals surface area contributed by atoms with E-state index in [1.807, 2.05) is 12.1 Å². The first-order valence-electron chi connectivity index (χ1n) is 5.26. The van der Waals surface area contributed by atoms with E-state index in [0.29, 0.717) is 5.02 Å². The molecule has 5 nitrogen and oxygen atoms in total. The molecule has 0 radical (unpaired) electrons. The van der Waals surface area contributed by atoms with Crippen molar-refractivity contribution in [3.63, 3.8) is 0 Å². The van der Waals surface area contributed by atoms with E-state index < -0.39 is 5.38 Å². The molecule has 92 valence electrons. The molecule has 1 aromatic heterocycles. The molecule has 3 rings (SSSR count). The van der Waals surface area contributed by atoms with Gasteiger partial charge in [-0.15, -0.1) is 21.8 Å². The van der Waals surface area contributed by atoms with Crippen molar-refractivity contribution >= 4 is 29.1 Å².